The Hall–Kier alpha value is -1.16. The first-order valence-electron chi connectivity index (χ1n) is 7.55. The van der Waals surface area contributed by atoms with Crippen molar-refractivity contribution in [3.8, 4) is 0 Å². The molecule has 1 atom stereocenters. The summed E-state index contributed by atoms with van der Waals surface area (Å²) in [5, 5.41) is 3.67. The summed E-state index contributed by atoms with van der Waals surface area (Å²) in [6.45, 7) is 6.27. The third-order valence-electron chi connectivity index (χ3n) is 4.09. The molecule has 1 saturated carbocycles. The molecule has 1 N–H and O–H groups in total. The molecule has 2 aliphatic rings. The Morgan fingerprint density at radius 1 is 1.21 bits per heavy atom. The van der Waals surface area contributed by atoms with Gasteiger partial charge in [-0.15, -0.1) is 0 Å². The quantitative estimate of drug-likeness (QED) is 0.901. The number of aromatic nitrogens is 2. The molecular weight excluding hydrogens is 236 g/mol. The van der Waals surface area contributed by atoms with E-state index in [-0.39, 0.29) is 0 Å². The van der Waals surface area contributed by atoms with E-state index in [1.54, 1.807) is 0 Å². The van der Waals surface area contributed by atoms with Crippen LogP contribution in [0.4, 0.5) is 5.82 Å². The summed E-state index contributed by atoms with van der Waals surface area (Å²) < 4.78 is 0. The van der Waals surface area contributed by atoms with Gasteiger partial charge >= 0.3 is 0 Å². The van der Waals surface area contributed by atoms with Crippen LogP contribution in [0.5, 0.6) is 0 Å². The van der Waals surface area contributed by atoms with Gasteiger partial charge in [0.2, 0.25) is 0 Å². The maximum Gasteiger partial charge on any atom is 0.132 e. The molecule has 4 heteroatoms. The Bertz CT molecular complexity index is 422. The number of nitrogens with zero attached hydrogens (tertiary/aromatic N) is 3. The molecule has 3 rings (SSSR count). The van der Waals surface area contributed by atoms with E-state index >= 15 is 0 Å². The molecule has 1 aliphatic heterocycles. The van der Waals surface area contributed by atoms with Crippen LogP contribution >= 0.6 is 0 Å². The fourth-order valence-electron chi connectivity index (χ4n) is 2.95. The predicted octanol–water partition coefficient (Wildman–Crippen LogP) is 2.20. The molecule has 2 fully saturated rings. The SMILES string of the molecule is Cc1cc(N2CCCCC2CNC2CC2)nc(C)n1. The zero-order valence-electron chi connectivity index (χ0n) is 12.0. The second-order valence-corrected chi connectivity index (χ2v) is 5.94. The summed E-state index contributed by atoms with van der Waals surface area (Å²) in [5.41, 5.74) is 1.07. The molecule has 0 aromatic carbocycles. The average molecular weight is 260 g/mol. The van der Waals surface area contributed by atoms with Crippen LogP contribution in [0.25, 0.3) is 0 Å². The van der Waals surface area contributed by atoms with Crippen LogP contribution < -0.4 is 10.2 Å². The van der Waals surface area contributed by atoms with Crippen molar-refractivity contribution in [2.45, 2.75) is 58.0 Å². The first-order valence-corrected chi connectivity index (χ1v) is 7.55. The topological polar surface area (TPSA) is 41.0 Å². The van der Waals surface area contributed by atoms with Gasteiger partial charge < -0.3 is 10.2 Å². The Morgan fingerprint density at radius 2 is 2.05 bits per heavy atom. The van der Waals surface area contributed by atoms with Gasteiger partial charge in [0, 0.05) is 36.9 Å². The monoisotopic (exact) mass is 260 g/mol. The van der Waals surface area contributed by atoms with Crippen LogP contribution in [0.2, 0.25) is 0 Å². The molecule has 0 amide bonds. The fourth-order valence-corrected chi connectivity index (χ4v) is 2.95. The van der Waals surface area contributed by atoms with Crippen LogP contribution in [0.1, 0.15) is 43.6 Å². The zero-order valence-corrected chi connectivity index (χ0v) is 12.0. The highest BCUT2D eigenvalue weighted by Gasteiger charge is 2.27. The molecule has 2 heterocycles. The number of anilines is 1. The highest BCUT2D eigenvalue weighted by molar-refractivity contribution is 5.41. The molecule has 19 heavy (non-hydrogen) atoms. The maximum atomic E-state index is 4.64. The summed E-state index contributed by atoms with van der Waals surface area (Å²) in [5.74, 6) is 2.00. The second-order valence-electron chi connectivity index (χ2n) is 5.94. The van der Waals surface area contributed by atoms with E-state index in [0.717, 1.165) is 36.5 Å². The highest BCUT2D eigenvalue weighted by atomic mass is 15.2. The van der Waals surface area contributed by atoms with Gasteiger partial charge in [0.15, 0.2) is 0 Å². The standard InChI is InChI=1S/C15H24N4/c1-11-9-15(18-12(2)17-11)19-8-4-3-5-14(19)10-16-13-6-7-13/h9,13-14,16H,3-8,10H2,1-2H3. The van der Waals surface area contributed by atoms with E-state index in [9.17, 15) is 0 Å². The molecule has 1 aromatic heterocycles. The zero-order chi connectivity index (χ0) is 13.2. The molecule has 1 aliphatic carbocycles. The van der Waals surface area contributed by atoms with Gasteiger partial charge in [0.1, 0.15) is 11.6 Å². The van der Waals surface area contributed by atoms with Gasteiger partial charge in [-0.25, -0.2) is 9.97 Å². The van der Waals surface area contributed by atoms with E-state index in [4.69, 9.17) is 0 Å². The molecule has 0 spiro atoms. The fraction of sp³-hybridized carbons (Fsp3) is 0.733. The van der Waals surface area contributed by atoms with Gasteiger partial charge in [-0.05, 0) is 46.0 Å². The Balaban J connectivity index is 1.73. The summed E-state index contributed by atoms with van der Waals surface area (Å²) in [6, 6.07) is 3.52. The minimum Gasteiger partial charge on any atom is -0.352 e. The maximum absolute atomic E-state index is 4.64. The first-order chi connectivity index (χ1) is 9.22. The van der Waals surface area contributed by atoms with Crippen LogP contribution in [0.15, 0.2) is 6.07 Å². The third kappa shape index (κ3) is 3.24. The van der Waals surface area contributed by atoms with Gasteiger partial charge in [-0.3, -0.25) is 0 Å². The number of hydrogen-bond donors (Lipinski definition) is 1. The molecule has 1 aromatic rings. The van der Waals surface area contributed by atoms with E-state index in [0.29, 0.717) is 6.04 Å². The van der Waals surface area contributed by atoms with Gasteiger partial charge in [0.25, 0.3) is 0 Å². The van der Waals surface area contributed by atoms with Crippen molar-refractivity contribution >= 4 is 5.82 Å². The van der Waals surface area contributed by atoms with Crippen LogP contribution in [0, 0.1) is 13.8 Å². The Morgan fingerprint density at radius 3 is 2.79 bits per heavy atom. The lowest BCUT2D eigenvalue weighted by atomic mass is 10.0. The lowest BCUT2D eigenvalue weighted by Crippen LogP contribution is -2.46. The summed E-state index contributed by atoms with van der Waals surface area (Å²) >= 11 is 0. The normalized spacial score (nSPS) is 23.7. The van der Waals surface area contributed by atoms with Crippen molar-refractivity contribution in [2.24, 2.45) is 0 Å². The lowest BCUT2D eigenvalue weighted by molar-refractivity contribution is 0.431. The minimum atomic E-state index is 0.600. The van der Waals surface area contributed by atoms with Crippen molar-refractivity contribution in [1.82, 2.24) is 15.3 Å². The highest BCUT2D eigenvalue weighted by Crippen LogP contribution is 2.25. The van der Waals surface area contributed by atoms with E-state index < -0.39 is 0 Å². The molecule has 0 radical (unpaired) electrons. The summed E-state index contributed by atoms with van der Waals surface area (Å²) in [7, 11) is 0. The molecule has 1 unspecified atom stereocenters. The van der Waals surface area contributed by atoms with Crippen molar-refractivity contribution in [3.63, 3.8) is 0 Å². The van der Waals surface area contributed by atoms with Gasteiger partial charge in [-0.1, -0.05) is 0 Å². The predicted molar refractivity (Wildman–Crippen MR) is 77.5 cm³/mol. The van der Waals surface area contributed by atoms with Crippen molar-refractivity contribution in [2.75, 3.05) is 18.0 Å². The second kappa shape index (κ2) is 5.45. The summed E-state index contributed by atoms with van der Waals surface area (Å²) in [4.78, 5) is 11.5. The molecular formula is C15H24N4. The Kier molecular flexibility index (Phi) is 3.69. The smallest absolute Gasteiger partial charge is 0.132 e. The van der Waals surface area contributed by atoms with Crippen LogP contribution in [0.3, 0.4) is 0 Å². The van der Waals surface area contributed by atoms with Gasteiger partial charge in [-0.2, -0.15) is 0 Å². The van der Waals surface area contributed by atoms with Crippen molar-refractivity contribution in [1.29, 1.82) is 0 Å². The number of rotatable bonds is 4. The lowest BCUT2D eigenvalue weighted by Gasteiger charge is -2.37. The largest absolute Gasteiger partial charge is 0.352 e. The van der Waals surface area contributed by atoms with E-state index in [2.05, 4.69) is 33.2 Å². The van der Waals surface area contributed by atoms with Crippen molar-refractivity contribution in [3.05, 3.63) is 17.6 Å². The summed E-state index contributed by atoms with van der Waals surface area (Å²) in [6.07, 6.45) is 6.62. The number of aryl methyl sites for hydroxylation is 2. The van der Waals surface area contributed by atoms with Crippen molar-refractivity contribution < 1.29 is 0 Å². The molecule has 104 valence electrons. The van der Waals surface area contributed by atoms with E-state index in [1.165, 1.54) is 32.1 Å². The Labute approximate surface area is 115 Å². The average Bonchev–Trinajstić information content (AvgIpc) is 3.19. The first kappa shape index (κ1) is 12.9. The third-order valence-corrected chi connectivity index (χ3v) is 4.09. The van der Waals surface area contributed by atoms with Crippen LogP contribution in [-0.2, 0) is 0 Å². The molecule has 1 saturated heterocycles. The number of piperidine rings is 1. The van der Waals surface area contributed by atoms with Crippen LogP contribution in [-0.4, -0.2) is 35.1 Å². The van der Waals surface area contributed by atoms with Gasteiger partial charge in [0.05, 0.1) is 0 Å². The number of nitrogens with one attached hydrogen (secondary N) is 1. The van der Waals surface area contributed by atoms with E-state index in [1.807, 2.05) is 6.92 Å². The molecule has 4 nitrogen and oxygen atoms in total. The molecule has 0 bridgehead atoms. The number of hydrogen-bond acceptors (Lipinski definition) is 4. The minimum absolute atomic E-state index is 0.600.